The first-order chi connectivity index (χ1) is 9.13. The van der Waals surface area contributed by atoms with Gasteiger partial charge in [-0.15, -0.1) is 11.3 Å². The van der Waals surface area contributed by atoms with Crippen LogP contribution in [0.3, 0.4) is 0 Å². The van der Waals surface area contributed by atoms with Gasteiger partial charge in [-0.05, 0) is 18.4 Å². The van der Waals surface area contributed by atoms with Crippen molar-refractivity contribution in [3.8, 4) is 11.8 Å². The Morgan fingerprint density at radius 2 is 2.26 bits per heavy atom. The third-order valence-corrected chi connectivity index (χ3v) is 3.49. The number of amides is 1. The van der Waals surface area contributed by atoms with E-state index in [-0.39, 0.29) is 12.5 Å². The predicted octanol–water partition coefficient (Wildman–Crippen LogP) is 2.65. The molecule has 104 valence electrons. The van der Waals surface area contributed by atoms with Crippen LogP contribution < -0.4 is 5.32 Å². The maximum Gasteiger partial charge on any atom is 0.252 e. The van der Waals surface area contributed by atoms with Gasteiger partial charge in [-0.25, -0.2) is 0 Å². The molecule has 4 heteroatoms. The van der Waals surface area contributed by atoms with Crippen molar-refractivity contribution < 1.29 is 9.90 Å². The Morgan fingerprint density at radius 3 is 2.95 bits per heavy atom. The Morgan fingerprint density at radius 1 is 1.47 bits per heavy atom. The first kappa shape index (κ1) is 15.7. The maximum atomic E-state index is 11.8. The molecule has 0 aromatic carbocycles. The Hall–Kier alpha value is -1.31. The molecule has 0 fully saturated rings. The summed E-state index contributed by atoms with van der Waals surface area (Å²) in [5.74, 6) is 6.05. The van der Waals surface area contributed by atoms with Crippen molar-refractivity contribution in [2.75, 3.05) is 13.2 Å². The maximum absolute atomic E-state index is 11.8. The largest absolute Gasteiger partial charge is 0.384 e. The third-order valence-electron chi connectivity index (χ3n) is 2.65. The van der Waals surface area contributed by atoms with Gasteiger partial charge in [-0.3, -0.25) is 4.79 Å². The van der Waals surface area contributed by atoms with E-state index in [9.17, 15) is 4.79 Å². The van der Waals surface area contributed by atoms with Crippen LogP contribution in [0.2, 0.25) is 0 Å². The third kappa shape index (κ3) is 6.42. The summed E-state index contributed by atoms with van der Waals surface area (Å²) >= 11 is 1.42. The highest BCUT2D eigenvalue weighted by atomic mass is 32.1. The monoisotopic (exact) mass is 279 g/mol. The molecule has 2 N–H and O–H groups in total. The normalized spacial score (nSPS) is 10.1. The quantitative estimate of drug-likeness (QED) is 0.621. The van der Waals surface area contributed by atoms with E-state index in [1.54, 1.807) is 11.4 Å². The van der Waals surface area contributed by atoms with Crippen LogP contribution in [0.15, 0.2) is 11.4 Å². The molecule has 3 nitrogen and oxygen atoms in total. The van der Waals surface area contributed by atoms with Crippen molar-refractivity contribution in [3.05, 3.63) is 21.9 Å². The number of unbranched alkanes of at least 4 members (excludes halogenated alkanes) is 1. The van der Waals surface area contributed by atoms with Crippen molar-refractivity contribution in [2.45, 2.75) is 33.1 Å². The molecule has 0 atom stereocenters. The summed E-state index contributed by atoms with van der Waals surface area (Å²) in [6.07, 6.45) is 3.37. The molecule has 0 unspecified atom stereocenters. The molecule has 1 rings (SSSR count). The number of carbonyl (C=O) groups is 1. The van der Waals surface area contributed by atoms with E-state index in [0.29, 0.717) is 5.56 Å². The molecule has 1 aromatic rings. The first-order valence-electron chi connectivity index (χ1n) is 6.60. The number of hydrogen-bond donors (Lipinski definition) is 2. The second kappa shape index (κ2) is 8.73. The molecule has 0 aliphatic rings. The minimum atomic E-state index is -0.157. The second-order valence-corrected chi connectivity index (χ2v) is 5.72. The van der Waals surface area contributed by atoms with Crippen LogP contribution in [0.4, 0.5) is 0 Å². The van der Waals surface area contributed by atoms with E-state index in [0.717, 1.165) is 30.2 Å². The zero-order valence-electron chi connectivity index (χ0n) is 11.5. The van der Waals surface area contributed by atoms with Crippen LogP contribution in [0.1, 0.15) is 48.3 Å². The number of rotatable bonds is 6. The molecule has 0 bridgehead atoms. The Balaban J connectivity index is 2.31. The lowest BCUT2D eigenvalue weighted by Gasteiger charge is -2.05. The van der Waals surface area contributed by atoms with E-state index in [2.05, 4.69) is 31.0 Å². The SMILES string of the molecule is CC(C)CCCCNC(=O)c1csc(C#CCO)c1. The van der Waals surface area contributed by atoms with Crippen LogP contribution in [0, 0.1) is 17.8 Å². The summed E-state index contributed by atoms with van der Waals surface area (Å²) < 4.78 is 0. The molecule has 0 radical (unpaired) electrons. The van der Waals surface area contributed by atoms with Crippen molar-refractivity contribution >= 4 is 17.2 Å². The topological polar surface area (TPSA) is 49.3 Å². The number of hydrogen-bond acceptors (Lipinski definition) is 3. The van der Waals surface area contributed by atoms with Crippen LogP contribution in [-0.2, 0) is 0 Å². The van der Waals surface area contributed by atoms with Gasteiger partial charge in [0.15, 0.2) is 0 Å². The highest BCUT2D eigenvalue weighted by Gasteiger charge is 2.07. The van der Waals surface area contributed by atoms with Gasteiger partial charge < -0.3 is 10.4 Å². The lowest BCUT2D eigenvalue weighted by molar-refractivity contribution is 0.0953. The minimum Gasteiger partial charge on any atom is -0.384 e. The number of aliphatic hydroxyl groups excluding tert-OH is 1. The predicted molar refractivity (Wildman–Crippen MR) is 79.3 cm³/mol. The molecule has 0 aliphatic carbocycles. The van der Waals surface area contributed by atoms with Gasteiger partial charge in [0.2, 0.25) is 0 Å². The summed E-state index contributed by atoms with van der Waals surface area (Å²) in [6.45, 7) is 4.98. The van der Waals surface area contributed by atoms with Gasteiger partial charge in [-0.1, -0.05) is 38.5 Å². The van der Waals surface area contributed by atoms with E-state index < -0.39 is 0 Å². The average molecular weight is 279 g/mol. The van der Waals surface area contributed by atoms with E-state index in [1.165, 1.54) is 17.8 Å². The van der Waals surface area contributed by atoms with Gasteiger partial charge in [0.25, 0.3) is 5.91 Å². The summed E-state index contributed by atoms with van der Waals surface area (Å²) in [6, 6.07) is 1.76. The van der Waals surface area contributed by atoms with Crippen molar-refractivity contribution in [3.63, 3.8) is 0 Å². The lowest BCUT2D eigenvalue weighted by atomic mass is 10.1. The highest BCUT2D eigenvalue weighted by Crippen LogP contribution is 2.13. The summed E-state index contributed by atoms with van der Waals surface area (Å²) in [5.41, 5.74) is 0.649. The number of carbonyl (C=O) groups excluding carboxylic acids is 1. The van der Waals surface area contributed by atoms with Gasteiger partial charge in [0.1, 0.15) is 6.61 Å². The molecule has 0 aliphatic heterocycles. The van der Waals surface area contributed by atoms with Crippen LogP contribution in [0.25, 0.3) is 0 Å². The van der Waals surface area contributed by atoms with E-state index >= 15 is 0 Å². The number of nitrogens with one attached hydrogen (secondary N) is 1. The molecule has 0 spiro atoms. The summed E-state index contributed by atoms with van der Waals surface area (Å²) in [4.78, 5) is 12.6. The molecule has 19 heavy (non-hydrogen) atoms. The second-order valence-electron chi connectivity index (χ2n) is 4.81. The van der Waals surface area contributed by atoms with Crippen molar-refractivity contribution in [1.82, 2.24) is 5.32 Å². The van der Waals surface area contributed by atoms with Gasteiger partial charge in [0, 0.05) is 11.9 Å². The fourth-order valence-corrected chi connectivity index (χ4v) is 2.38. The van der Waals surface area contributed by atoms with E-state index in [4.69, 9.17) is 5.11 Å². The zero-order chi connectivity index (χ0) is 14.1. The molecular formula is C15H21NO2S. The van der Waals surface area contributed by atoms with E-state index in [1.807, 2.05) is 0 Å². The number of thiophene rings is 1. The molecule has 0 saturated heterocycles. The Bertz CT molecular complexity index is 454. The van der Waals surface area contributed by atoms with Crippen molar-refractivity contribution in [2.24, 2.45) is 5.92 Å². The number of aliphatic hydroxyl groups is 1. The molecular weight excluding hydrogens is 258 g/mol. The standard InChI is InChI=1S/C15H21NO2S/c1-12(2)6-3-4-8-16-15(18)13-10-14(19-11-13)7-5-9-17/h10-12,17H,3-4,6,8-9H2,1-2H3,(H,16,18). The van der Waals surface area contributed by atoms with Crippen LogP contribution >= 0.6 is 11.3 Å². The Labute approximate surface area is 119 Å². The smallest absolute Gasteiger partial charge is 0.252 e. The fraction of sp³-hybridized carbons (Fsp3) is 0.533. The summed E-state index contributed by atoms with van der Waals surface area (Å²) in [7, 11) is 0. The molecule has 1 amide bonds. The van der Waals surface area contributed by atoms with Gasteiger partial charge in [-0.2, -0.15) is 0 Å². The zero-order valence-corrected chi connectivity index (χ0v) is 12.3. The average Bonchev–Trinajstić information content (AvgIpc) is 2.84. The van der Waals surface area contributed by atoms with Crippen molar-refractivity contribution in [1.29, 1.82) is 0 Å². The van der Waals surface area contributed by atoms with Crippen LogP contribution in [-0.4, -0.2) is 24.2 Å². The summed E-state index contributed by atoms with van der Waals surface area (Å²) in [5, 5.41) is 13.3. The molecule has 1 aromatic heterocycles. The van der Waals surface area contributed by atoms with Gasteiger partial charge >= 0.3 is 0 Å². The Kier molecular flexibility index (Phi) is 7.24. The molecule has 0 saturated carbocycles. The highest BCUT2D eigenvalue weighted by molar-refractivity contribution is 7.10. The first-order valence-corrected chi connectivity index (χ1v) is 7.48. The molecule has 1 heterocycles. The lowest BCUT2D eigenvalue weighted by Crippen LogP contribution is -2.23. The fourth-order valence-electron chi connectivity index (χ4n) is 1.63. The minimum absolute atomic E-state index is 0.0437. The van der Waals surface area contributed by atoms with Crippen LogP contribution in [0.5, 0.6) is 0 Å². The van der Waals surface area contributed by atoms with Gasteiger partial charge in [0.05, 0.1) is 10.4 Å².